The summed E-state index contributed by atoms with van der Waals surface area (Å²) in [6, 6.07) is 22.6. The Hall–Kier alpha value is -5.92. The number of hydrogen-bond acceptors (Lipinski definition) is 8. The van der Waals surface area contributed by atoms with Gasteiger partial charge in [-0.15, -0.1) is 9.98 Å². The molecule has 4 amide bonds. The minimum atomic E-state index is -0.879. The van der Waals surface area contributed by atoms with Crippen molar-refractivity contribution in [2.45, 2.75) is 105 Å². The van der Waals surface area contributed by atoms with E-state index >= 15 is 0 Å². The topological polar surface area (TPSA) is 178 Å². The minimum Gasteiger partial charge on any atom is -0.444 e. The summed E-state index contributed by atoms with van der Waals surface area (Å²) in [6.45, 7) is 20.6. The summed E-state index contributed by atoms with van der Waals surface area (Å²) in [6.07, 6.45) is -3.33. The van der Waals surface area contributed by atoms with Crippen LogP contribution < -0.4 is 21.3 Å². The molecular formula is C40H52N6O8. The van der Waals surface area contributed by atoms with Crippen molar-refractivity contribution in [2.24, 2.45) is 9.98 Å². The summed E-state index contributed by atoms with van der Waals surface area (Å²) in [5, 5.41) is 10.8. The molecule has 54 heavy (non-hydrogen) atoms. The summed E-state index contributed by atoms with van der Waals surface area (Å²) in [7, 11) is 0. The Morgan fingerprint density at radius 1 is 0.407 bits per heavy atom. The van der Waals surface area contributed by atoms with E-state index in [0.717, 1.165) is 22.3 Å². The van der Waals surface area contributed by atoms with Crippen molar-refractivity contribution in [3.8, 4) is 22.3 Å². The van der Waals surface area contributed by atoms with Gasteiger partial charge in [-0.3, -0.25) is 10.6 Å². The molecule has 3 aromatic carbocycles. The second kappa shape index (κ2) is 17.3. The summed E-state index contributed by atoms with van der Waals surface area (Å²) in [4.78, 5) is 57.5. The van der Waals surface area contributed by atoms with Gasteiger partial charge >= 0.3 is 24.4 Å². The largest absolute Gasteiger partial charge is 0.444 e. The van der Waals surface area contributed by atoms with Crippen LogP contribution in [0.4, 0.5) is 30.6 Å². The van der Waals surface area contributed by atoms with E-state index in [1.54, 1.807) is 107 Å². The third kappa shape index (κ3) is 16.2. The predicted molar refractivity (Wildman–Crippen MR) is 211 cm³/mol. The van der Waals surface area contributed by atoms with Crippen LogP contribution in [0.2, 0.25) is 0 Å². The zero-order chi connectivity index (χ0) is 40.5. The number of rotatable bonds is 4. The molecule has 3 aromatic rings. The Bertz CT molecular complexity index is 1700. The normalized spacial score (nSPS) is 12.6. The van der Waals surface area contributed by atoms with Gasteiger partial charge in [0.05, 0.1) is 0 Å². The van der Waals surface area contributed by atoms with Gasteiger partial charge in [-0.1, -0.05) is 48.5 Å². The summed E-state index contributed by atoms with van der Waals surface area (Å²) in [5.74, 6) is -0.301. The number of hydrogen-bond donors (Lipinski definition) is 4. The Morgan fingerprint density at radius 3 is 0.889 bits per heavy atom. The first-order valence-electron chi connectivity index (χ1n) is 17.3. The van der Waals surface area contributed by atoms with Crippen LogP contribution in [-0.4, -0.2) is 58.7 Å². The lowest BCUT2D eigenvalue weighted by Gasteiger charge is -2.21. The number of amides is 4. The maximum Gasteiger partial charge on any atom is 0.437 e. The predicted octanol–water partition coefficient (Wildman–Crippen LogP) is 9.48. The van der Waals surface area contributed by atoms with Gasteiger partial charge in [-0.25, -0.2) is 19.2 Å². The van der Waals surface area contributed by atoms with E-state index in [1.807, 2.05) is 48.5 Å². The van der Waals surface area contributed by atoms with E-state index in [9.17, 15) is 19.2 Å². The van der Waals surface area contributed by atoms with E-state index in [2.05, 4.69) is 31.3 Å². The number of alkyl carbamates (subject to hydrolysis) is 2. The Balaban J connectivity index is 1.74. The number of nitrogens with zero attached hydrogens (tertiary/aromatic N) is 2. The molecule has 290 valence electrons. The fourth-order valence-corrected chi connectivity index (χ4v) is 4.35. The molecule has 14 nitrogen and oxygen atoms in total. The number of benzene rings is 3. The molecule has 0 saturated heterocycles. The Labute approximate surface area is 317 Å². The molecule has 0 spiro atoms. The van der Waals surface area contributed by atoms with Gasteiger partial charge in [-0.05, 0) is 130 Å². The van der Waals surface area contributed by atoms with Crippen LogP contribution in [0.25, 0.3) is 22.3 Å². The van der Waals surface area contributed by atoms with Crippen molar-refractivity contribution in [1.82, 2.24) is 10.6 Å². The van der Waals surface area contributed by atoms with Gasteiger partial charge in [0.1, 0.15) is 22.4 Å². The zero-order valence-corrected chi connectivity index (χ0v) is 33.1. The second-order valence-corrected chi connectivity index (χ2v) is 16.1. The third-order valence-electron chi connectivity index (χ3n) is 6.28. The third-order valence-corrected chi connectivity index (χ3v) is 6.28. The number of carbonyl (C=O) groups is 4. The molecule has 3 rings (SSSR count). The Kier molecular flexibility index (Phi) is 13.6. The molecule has 0 fully saturated rings. The van der Waals surface area contributed by atoms with Crippen LogP contribution >= 0.6 is 0 Å². The SMILES string of the molecule is CC(C)(C)OC(=O)/N=C(\NC(=O)OC(C)(C)C)Nc1ccc(-c2ccc(-c3ccc(N/C(=N/C(=O)OC(C)(C)C)NC(=O)OC(C)(C)C)cc3)cc2)cc1. The van der Waals surface area contributed by atoms with E-state index in [0.29, 0.717) is 11.4 Å². The number of aliphatic imine (C=N–C) groups is 2. The average molecular weight is 745 g/mol. The molecule has 0 heterocycles. The molecule has 0 unspecified atom stereocenters. The second-order valence-electron chi connectivity index (χ2n) is 16.1. The maximum absolute atomic E-state index is 12.5. The molecule has 0 aliphatic carbocycles. The summed E-state index contributed by atoms with van der Waals surface area (Å²) in [5.41, 5.74) is 1.80. The van der Waals surface area contributed by atoms with Crippen molar-refractivity contribution in [3.63, 3.8) is 0 Å². The first-order chi connectivity index (χ1) is 24.8. The molecule has 0 aliphatic rings. The van der Waals surface area contributed by atoms with Gasteiger partial charge in [-0.2, -0.15) is 0 Å². The monoisotopic (exact) mass is 744 g/mol. The minimum absolute atomic E-state index is 0.150. The van der Waals surface area contributed by atoms with Crippen LogP contribution in [0.15, 0.2) is 82.8 Å². The molecule has 14 heteroatoms. The lowest BCUT2D eigenvalue weighted by atomic mass is 10.00. The summed E-state index contributed by atoms with van der Waals surface area (Å²) >= 11 is 0. The Morgan fingerprint density at radius 2 is 0.648 bits per heavy atom. The lowest BCUT2D eigenvalue weighted by molar-refractivity contribution is 0.0545. The highest BCUT2D eigenvalue weighted by molar-refractivity contribution is 6.07. The van der Waals surface area contributed by atoms with E-state index < -0.39 is 46.8 Å². The highest BCUT2D eigenvalue weighted by Gasteiger charge is 2.22. The highest BCUT2D eigenvalue weighted by atomic mass is 16.6. The highest BCUT2D eigenvalue weighted by Crippen LogP contribution is 2.27. The average Bonchev–Trinajstić information content (AvgIpc) is 2.98. The van der Waals surface area contributed by atoms with Crippen LogP contribution in [0, 0.1) is 0 Å². The van der Waals surface area contributed by atoms with Crippen LogP contribution in [0.5, 0.6) is 0 Å². The van der Waals surface area contributed by atoms with Gasteiger partial charge < -0.3 is 29.6 Å². The first kappa shape index (κ1) is 42.5. The van der Waals surface area contributed by atoms with Gasteiger partial charge in [0.15, 0.2) is 0 Å². The fourth-order valence-electron chi connectivity index (χ4n) is 4.35. The number of guanidine groups is 2. The first-order valence-corrected chi connectivity index (χ1v) is 17.3. The number of ether oxygens (including phenoxy) is 4. The molecule has 0 aromatic heterocycles. The molecule has 0 radical (unpaired) electrons. The molecule has 0 aliphatic heterocycles. The standard InChI is InChI=1S/C40H52N6O8/c1-37(2,3)51-33(47)43-31(44-34(48)52-38(4,5)6)41-29-21-17-27(18-22-29)25-13-15-26(16-14-25)28-19-23-30(24-20-28)42-32(45-35(49)53-39(7,8)9)46-36(50)54-40(10,11)12/h13-24H,1-12H3,(H2,41,43,44,47,48)(H2,42,45,46,49,50). The molecular weight excluding hydrogens is 692 g/mol. The van der Waals surface area contributed by atoms with Crippen LogP contribution in [0.3, 0.4) is 0 Å². The van der Waals surface area contributed by atoms with Gasteiger partial charge in [0, 0.05) is 11.4 Å². The smallest absolute Gasteiger partial charge is 0.437 e. The summed E-state index contributed by atoms with van der Waals surface area (Å²) < 4.78 is 21.2. The maximum atomic E-state index is 12.5. The molecule has 4 N–H and O–H groups in total. The van der Waals surface area contributed by atoms with Gasteiger partial charge in [0.2, 0.25) is 11.9 Å². The quantitative estimate of drug-likeness (QED) is 0.114. The fraction of sp³-hybridized carbons (Fsp3) is 0.400. The lowest BCUT2D eigenvalue weighted by Crippen LogP contribution is -2.40. The zero-order valence-electron chi connectivity index (χ0n) is 33.1. The van der Waals surface area contributed by atoms with E-state index in [1.165, 1.54) is 0 Å². The molecule has 0 bridgehead atoms. The van der Waals surface area contributed by atoms with Crippen molar-refractivity contribution in [2.75, 3.05) is 10.6 Å². The van der Waals surface area contributed by atoms with E-state index in [-0.39, 0.29) is 11.9 Å². The van der Waals surface area contributed by atoms with Crippen molar-refractivity contribution in [1.29, 1.82) is 0 Å². The number of nitrogens with one attached hydrogen (secondary N) is 4. The molecule has 0 atom stereocenters. The van der Waals surface area contributed by atoms with Crippen molar-refractivity contribution in [3.05, 3.63) is 72.8 Å². The van der Waals surface area contributed by atoms with Crippen molar-refractivity contribution < 1.29 is 38.1 Å². The molecule has 0 saturated carbocycles. The number of carbonyl (C=O) groups excluding carboxylic acids is 4. The van der Waals surface area contributed by atoms with Crippen molar-refractivity contribution >= 4 is 47.7 Å². The number of anilines is 2. The van der Waals surface area contributed by atoms with Gasteiger partial charge in [0.25, 0.3) is 0 Å². The van der Waals surface area contributed by atoms with Crippen LogP contribution in [0.1, 0.15) is 83.1 Å². The van der Waals surface area contributed by atoms with Crippen LogP contribution in [-0.2, 0) is 18.9 Å². The van der Waals surface area contributed by atoms with E-state index in [4.69, 9.17) is 18.9 Å².